The van der Waals surface area contributed by atoms with Crippen LogP contribution in [0.4, 0.5) is 10.5 Å². The Kier molecular flexibility index (Phi) is 3.45. The lowest BCUT2D eigenvalue weighted by atomic mass is 9.96. The molecule has 1 fully saturated rings. The number of benzene rings is 1. The molecule has 6 nitrogen and oxygen atoms in total. The largest absolute Gasteiger partial charge is 0.497 e. The first-order chi connectivity index (χ1) is 10.1. The molecule has 6 heteroatoms. The number of fused-ring (bicyclic) bond motifs is 1. The van der Waals surface area contributed by atoms with E-state index in [1.54, 1.807) is 12.0 Å². The van der Waals surface area contributed by atoms with Crippen molar-refractivity contribution in [1.29, 1.82) is 0 Å². The lowest BCUT2D eigenvalue weighted by Gasteiger charge is -2.41. The summed E-state index contributed by atoms with van der Waals surface area (Å²) < 4.78 is 5.23. The Bertz CT molecular complexity index is 581. The first kappa shape index (κ1) is 13.7. The molecule has 0 aromatic heterocycles. The summed E-state index contributed by atoms with van der Waals surface area (Å²) in [6.45, 7) is 1.57. The number of ether oxygens (including phenoxy) is 1. The fourth-order valence-corrected chi connectivity index (χ4v) is 2.94. The first-order valence-corrected chi connectivity index (χ1v) is 7.03. The fourth-order valence-electron chi connectivity index (χ4n) is 2.94. The third-order valence-corrected chi connectivity index (χ3v) is 4.16. The molecule has 2 heterocycles. The number of nitrogens with zero attached hydrogens (tertiary/aromatic N) is 2. The van der Waals surface area contributed by atoms with Crippen molar-refractivity contribution in [2.45, 2.75) is 12.8 Å². The van der Waals surface area contributed by atoms with Gasteiger partial charge < -0.3 is 19.6 Å². The lowest BCUT2D eigenvalue weighted by molar-refractivity contribution is -0.119. The van der Waals surface area contributed by atoms with E-state index in [2.05, 4.69) is 0 Å². The number of likely N-dealkylation sites (tertiary alicyclic amines) is 1. The van der Waals surface area contributed by atoms with E-state index in [-0.39, 0.29) is 11.8 Å². The normalized spacial score (nSPS) is 18.2. The highest BCUT2D eigenvalue weighted by Gasteiger charge is 2.34. The van der Waals surface area contributed by atoms with Gasteiger partial charge in [0.2, 0.25) is 5.91 Å². The molecular formula is C15H18N2O4. The van der Waals surface area contributed by atoms with Crippen molar-refractivity contribution in [1.82, 2.24) is 4.90 Å². The summed E-state index contributed by atoms with van der Waals surface area (Å²) in [7, 11) is 1.60. The first-order valence-electron chi connectivity index (χ1n) is 7.03. The zero-order valence-corrected chi connectivity index (χ0v) is 11.9. The summed E-state index contributed by atoms with van der Waals surface area (Å²) in [5, 5.41) is 8.86. The minimum Gasteiger partial charge on any atom is -0.497 e. The minimum atomic E-state index is -0.890. The van der Waals surface area contributed by atoms with E-state index in [0.717, 1.165) is 23.4 Å². The molecule has 0 atom stereocenters. The van der Waals surface area contributed by atoms with Crippen LogP contribution in [0.5, 0.6) is 5.75 Å². The van der Waals surface area contributed by atoms with E-state index in [1.165, 1.54) is 4.90 Å². The van der Waals surface area contributed by atoms with Gasteiger partial charge in [0.05, 0.1) is 12.8 Å². The van der Waals surface area contributed by atoms with Crippen LogP contribution in [-0.2, 0) is 11.2 Å². The Morgan fingerprint density at radius 1 is 1.38 bits per heavy atom. The van der Waals surface area contributed by atoms with Crippen molar-refractivity contribution in [2.75, 3.05) is 31.6 Å². The average molecular weight is 290 g/mol. The molecule has 0 unspecified atom stereocenters. The Labute approximate surface area is 122 Å². The smallest absolute Gasteiger partial charge is 0.407 e. The second-order valence-electron chi connectivity index (χ2n) is 5.55. The summed E-state index contributed by atoms with van der Waals surface area (Å²) in [5.74, 6) is 1.04. The molecule has 1 aromatic carbocycles. The second-order valence-corrected chi connectivity index (χ2v) is 5.55. The van der Waals surface area contributed by atoms with Crippen molar-refractivity contribution in [3.8, 4) is 5.75 Å². The highest BCUT2D eigenvalue weighted by Crippen LogP contribution is 2.33. The van der Waals surface area contributed by atoms with E-state index < -0.39 is 6.09 Å². The molecule has 1 aromatic rings. The third kappa shape index (κ3) is 2.53. The minimum absolute atomic E-state index is 0.101. The summed E-state index contributed by atoms with van der Waals surface area (Å²) in [6, 6.07) is 5.79. The molecule has 0 aliphatic carbocycles. The van der Waals surface area contributed by atoms with Crippen molar-refractivity contribution in [2.24, 2.45) is 5.92 Å². The zero-order valence-electron chi connectivity index (χ0n) is 11.9. The maximum Gasteiger partial charge on any atom is 0.407 e. The second kappa shape index (κ2) is 5.27. The standard InChI is InChI=1S/C15H18N2O4/c1-21-12-4-2-11-3-5-14(18)17(13(11)6-12)9-10-7-16(8-10)15(19)20/h2,4,6,10H,3,5,7-9H2,1H3,(H,19,20). The van der Waals surface area contributed by atoms with Gasteiger partial charge in [0.25, 0.3) is 0 Å². The molecule has 112 valence electrons. The number of rotatable bonds is 3. The maximum atomic E-state index is 12.2. The van der Waals surface area contributed by atoms with Crippen LogP contribution in [0.2, 0.25) is 0 Å². The van der Waals surface area contributed by atoms with Gasteiger partial charge in [-0.05, 0) is 18.1 Å². The Hall–Kier alpha value is -2.24. The van der Waals surface area contributed by atoms with Gasteiger partial charge in [0, 0.05) is 38.0 Å². The number of carbonyl (C=O) groups excluding carboxylic acids is 1. The lowest BCUT2D eigenvalue weighted by Crippen LogP contribution is -2.54. The molecule has 2 aliphatic rings. The van der Waals surface area contributed by atoms with E-state index in [1.807, 2.05) is 18.2 Å². The number of anilines is 1. The van der Waals surface area contributed by atoms with Crippen molar-refractivity contribution >= 4 is 17.7 Å². The number of hydrogen-bond acceptors (Lipinski definition) is 3. The van der Waals surface area contributed by atoms with Crippen LogP contribution in [0, 0.1) is 5.92 Å². The molecular weight excluding hydrogens is 272 g/mol. The van der Waals surface area contributed by atoms with Gasteiger partial charge in [-0.3, -0.25) is 4.79 Å². The Balaban J connectivity index is 1.76. The van der Waals surface area contributed by atoms with Crippen LogP contribution in [0.1, 0.15) is 12.0 Å². The molecule has 0 bridgehead atoms. The zero-order chi connectivity index (χ0) is 15.0. The molecule has 2 amide bonds. The Morgan fingerprint density at radius 3 is 2.81 bits per heavy atom. The highest BCUT2D eigenvalue weighted by molar-refractivity contribution is 5.96. The molecule has 1 N–H and O–H groups in total. The van der Waals surface area contributed by atoms with Crippen LogP contribution in [0.3, 0.4) is 0 Å². The Morgan fingerprint density at radius 2 is 2.14 bits per heavy atom. The SMILES string of the molecule is COc1ccc2c(c1)N(CC1CN(C(=O)O)C1)C(=O)CC2. The number of methoxy groups -OCH3 is 1. The van der Waals surface area contributed by atoms with Gasteiger partial charge in [0.1, 0.15) is 5.75 Å². The molecule has 0 spiro atoms. The summed E-state index contributed by atoms with van der Waals surface area (Å²) in [6.07, 6.45) is 0.369. The van der Waals surface area contributed by atoms with E-state index in [4.69, 9.17) is 9.84 Å². The van der Waals surface area contributed by atoms with Crippen LogP contribution >= 0.6 is 0 Å². The quantitative estimate of drug-likeness (QED) is 0.917. The number of carbonyl (C=O) groups is 2. The topological polar surface area (TPSA) is 70.1 Å². The van der Waals surface area contributed by atoms with Crippen LogP contribution < -0.4 is 9.64 Å². The van der Waals surface area contributed by atoms with Gasteiger partial charge in [-0.1, -0.05) is 6.07 Å². The number of hydrogen-bond donors (Lipinski definition) is 1. The van der Waals surface area contributed by atoms with Gasteiger partial charge in [-0.25, -0.2) is 4.79 Å². The van der Waals surface area contributed by atoms with Crippen molar-refractivity contribution in [3.05, 3.63) is 23.8 Å². The van der Waals surface area contributed by atoms with Crippen LogP contribution in [0.15, 0.2) is 18.2 Å². The average Bonchev–Trinajstić information content (AvgIpc) is 2.43. The molecule has 0 saturated carbocycles. The molecule has 3 rings (SSSR count). The third-order valence-electron chi connectivity index (χ3n) is 4.16. The van der Waals surface area contributed by atoms with Gasteiger partial charge in [-0.2, -0.15) is 0 Å². The van der Waals surface area contributed by atoms with Gasteiger partial charge in [0.15, 0.2) is 0 Å². The number of amides is 2. The molecule has 21 heavy (non-hydrogen) atoms. The number of aryl methyl sites for hydroxylation is 1. The highest BCUT2D eigenvalue weighted by atomic mass is 16.5. The maximum absolute atomic E-state index is 12.2. The van der Waals surface area contributed by atoms with E-state index in [9.17, 15) is 9.59 Å². The fraction of sp³-hybridized carbons (Fsp3) is 0.467. The summed E-state index contributed by atoms with van der Waals surface area (Å²) in [4.78, 5) is 26.1. The van der Waals surface area contributed by atoms with Crippen molar-refractivity contribution in [3.63, 3.8) is 0 Å². The van der Waals surface area contributed by atoms with Gasteiger partial charge in [-0.15, -0.1) is 0 Å². The number of carboxylic acid groups (broad SMARTS) is 1. The predicted molar refractivity (Wildman–Crippen MR) is 76.8 cm³/mol. The predicted octanol–water partition coefficient (Wildman–Crippen LogP) is 1.58. The van der Waals surface area contributed by atoms with E-state index in [0.29, 0.717) is 26.1 Å². The van der Waals surface area contributed by atoms with Crippen LogP contribution in [-0.4, -0.2) is 48.8 Å². The van der Waals surface area contributed by atoms with Gasteiger partial charge >= 0.3 is 6.09 Å². The summed E-state index contributed by atoms with van der Waals surface area (Å²) in [5.41, 5.74) is 2.05. The molecule has 0 radical (unpaired) electrons. The van der Waals surface area contributed by atoms with E-state index >= 15 is 0 Å². The van der Waals surface area contributed by atoms with Crippen LogP contribution in [0.25, 0.3) is 0 Å². The molecule has 2 aliphatic heterocycles. The molecule has 1 saturated heterocycles. The van der Waals surface area contributed by atoms with Crippen molar-refractivity contribution < 1.29 is 19.4 Å². The monoisotopic (exact) mass is 290 g/mol. The summed E-state index contributed by atoms with van der Waals surface area (Å²) >= 11 is 0.